The first kappa shape index (κ1) is 8.91. The summed E-state index contributed by atoms with van der Waals surface area (Å²) in [6.07, 6.45) is 5.59. The fourth-order valence-corrected chi connectivity index (χ4v) is 2.66. The lowest BCUT2D eigenvalue weighted by Gasteiger charge is -2.05. The molecule has 0 aliphatic heterocycles. The van der Waals surface area contributed by atoms with Crippen LogP contribution in [0, 0.1) is 0 Å². The smallest absolute Gasteiger partial charge is 0.304 e. The van der Waals surface area contributed by atoms with Crippen molar-refractivity contribution in [3.8, 4) is 0 Å². The van der Waals surface area contributed by atoms with Crippen molar-refractivity contribution in [3.05, 3.63) is 0 Å². The lowest BCUT2D eigenvalue weighted by molar-refractivity contribution is -0.136. The maximum absolute atomic E-state index is 10.2. The van der Waals surface area contributed by atoms with Crippen molar-refractivity contribution in [3.63, 3.8) is 0 Å². The predicted octanol–water partition coefficient (Wildman–Crippen LogP) is 2.14. The van der Waals surface area contributed by atoms with E-state index in [1.54, 1.807) is 0 Å². The van der Waals surface area contributed by atoms with Crippen molar-refractivity contribution in [1.82, 2.24) is 0 Å². The van der Waals surface area contributed by atoms with Gasteiger partial charge in [-0.1, -0.05) is 12.8 Å². The molecule has 0 aromatic heterocycles. The summed E-state index contributed by atoms with van der Waals surface area (Å²) in [6.45, 7) is 0. The summed E-state index contributed by atoms with van der Waals surface area (Å²) in [7, 11) is 0. The lowest BCUT2D eigenvalue weighted by atomic mass is 10.4. The number of hydrogen-bond acceptors (Lipinski definition) is 2. The van der Waals surface area contributed by atoms with E-state index < -0.39 is 5.97 Å². The Labute approximate surface area is 71.4 Å². The molecule has 11 heavy (non-hydrogen) atoms. The molecule has 0 heterocycles. The molecule has 0 aromatic carbocycles. The Morgan fingerprint density at radius 1 is 1.45 bits per heavy atom. The van der Waals surface area contributed by atoms with Gasteiger partial charge in [0.2, 0.25) is 0 Å². The van der Waals surface area contributed by atoms with Crippen LogP contribution in [0.3, 0.4) is 0 Å². The quantitative estimate of drug-likeness (QED) is 0.709. The fraction of sp³-hybridized carbons (Fsp3) is 0.875. The third-order valence-corrected chi connectivity index (χ3v) is 3.35. The molecule has 1 fully saturated rings. The van der Waals surface area contributed by atoms with E-state index in [0.29, 0.717) is 6.42 Å². The van der Waals surface area contributed by atoms with E-state index in [4.69, 9.17) is 5.11 Å². The topological polar surface area (TPSA) is 37.3 Å². The van der Waals surface area contributed by atoms with Crippen LogP contribution in [0.2, 0.25) is 0 Å². The van der Waals surface area contributed by atoms with Gasteiger partial charge in [-0.05, 0) is 12.8 Å². The van der Waals surface area contributed by atoms with Crippen molar-refractivity contribution < 1.29 is 9.90 Å². The van der Waals surface area contributed by atoms with Crippen LogP contribution in [0.1, 0.15) is 32.1 Å². The molecule has 1 N–H and O–H groups in total. The predicted molar refractivity (Wildman–Crippen MR) is 47.0 cm³/mol. The summed E-state index contributed by atoms with van der Waals surface area (Å²) < 4.78 is 0. The molecule has 0 amide bonds. The fourth-order valence-electron chi connectivity index (χ4n) is 1.37. The molecule has 1 rings (SSSR count). The van der Waals surface area contributed by atoms with E-state index in [2.05, 4.69) is 0 Å². The molecule has 0 radical (unpaired) electrons. The first-order chi connectivity index (χ1) is 5.29. The van der Waals surface area contributed by atoms with Crippen LogP contribution < -0.4 is 0 Å². The van der Waals surface area contributed by atoms with Gasteiger partial charge in [-0.3, -0.25) is 4.79 Å². The summed E-state index contributed by atoms with van der Waals surface area (Å²) in [4.78, 5) is 10.2. The summed E-state index contributed by atoms with van der Waals surface area (Å²) in [5.41, 5.74) is 0. The van der Waals surface area contributed by atoms with Crippen LogP contribution in [0.25, 0.3) is 0 Å². The van der Waals surface area contributed by atoms with Gasteiger partial charge >= 0.3 is 5.97 Å². The van der Waals surface area contributed by atoms with E-state index >= 15 is 0 Å². The van der Waals surface area contributed by atoms with Gasteiger partial charge in [0, 0.05) is 11.0 Å². The molecule has 64 valence electrons. The second kappa shape index (κ2) is 4.65. The molecule has 0 spiro atoms. The zero-order valence-electron chi connectivity index (χ0n) is 6.58. The Bertz CT molecular complexity index is 130. The summed E-state index contributed by atoms with van der Waals surface area (Å²) in [5, 5.41) is 9.13. The van der Waals surface area contributed by atoms with Gasteiger partial charge in [0.25, 0.3) is 0 Å². The van der Waals surface area contributed by atoms with Crippen LogP contribution in [-0.4, -0.2) is 22.1 Å². The molecular formula is C8H14O2S. The number of hydrogen-bond donors (Lipinski definition) is 1. The van der Waals surface area contributed by atoms with Crippen molar-refractivity contribution in [2.75, 3.05) is 5.75 Å². The van der Waals surface area contributed by atoms with Gasteiger partial charge in [-0.25, -0.2) is 0 Å². The number of rotatable bonds is 4. The highest BCUT2D eigenvalue weighted by Gasteiger charge is 2.14. The highest BCUT2D eigenvalue weighted by atomic mass is 32.2. The highest BCUT2D eigenvalue weighted by Crippen LogP contribution is 2.29. The number of carboxylic acid groups (broad SMARTS) is 1. The minimum atomic E-state index is -0.671. The van der Waals surface area contributed by atoms with Crippen LogP contribution in [0.4, 0.5) is 0 Å². The molecule has 1 aliphatic carbocycles. The maximum atomic E-state index is 10.2. The Hall–Kier alpha value is -0.180. The Kier molecular flexibility index (Phi) is 3.77. The van der Waals surface area contributed by atoms with Gasteiger partial charge in [0.1, 0.15) is 0 Å². The molecule has 0 bridgehead atoms. The van der Waals surface area contributed by atoms with Crippen molar-refractivity contribution in [1.29, 1.82) is 0 Å². The van der Waals surface area contributed by atoms with Gasteiger partial charge in [0.15, 0.2) is 0 Å². The lowest BCUT2D eigenvalue weighted by Crippen LogP contribution is -2.00. The molecule has 0 aromatic rings. The number of thioether (sulfide) groups is 1. The van der Waals surface area contributed by atoms with Crippen LogP contribution in [0.5, 0.6) is 0 Å². The Morgan fingerprint density at radius 3 is 2.64 bits per heavy atom. The largest absolute Gasteiger partial charge is 0.481 e. The average molecular weight is 174 g/mol. The van der Waals surface area contributed by atoms with Gasteiger partial charge in [0.05, 0.1) is 6.42 Å². The molecule has 1 saturated carbocycles. The SMILES string of the molecule is O=C(O)CCSC1CCCC1. The van der Waals surface area contributed by atoms with Crippen molar-refractivity contribution >= 4 is 17.7 Å². The van der Waals surface area contributed by atoms with Crippen LogP contribution in [-0.2, 0) is 4.79 Å². The Balaban J connectivity index is 1.98. The molecule has 3 heteroatoms. The zero-order chi connectivity index (χ0) is 8.10. The molecule has 0 unspecified atom stereocenters. The minimum absolute atomic E-state index is 0.321. The van der Waals surface area contributed by atoms with E-state index in [9.17, 15) is 4.79 Å². The van der Waals surface area contributed by atoms with Gasteiger partial charge < -0.3 is 5.11 Å². The second-order valence-corrected chi connectivity index (χ2v) is 4.33. The third kappa shape index (κ3) is 3.65. The van der Waals surface area contributed by atoms with Gasteiger partial charge in [-0.2, -0.15) is 11.8 Å². The minimum Gasteiger partial charge on any atom is -0.481 e. The molecule has 0 atom stereocenters. The molecular weight excluding hydrogens is 160 g/mol. The van der Waals surface area contributed by atoms with Crippen molar-refractivity contribution in [2.24, 2.45) is 0 Å². The van der Waals surface area contributed by atoms with E-state index in [-0.39, 0.29) is 0 Å². The second-order valence-electron chi connectivity index (χ2n) is 2.92. The third-order valence-electron chi connectivity index (χ3n) is 1.97. The normalized spacial score (nSPS) is 18.9. The van der Waals surface area contributed by atoms with E-state index in [1.807, 2.05) is 11.8 Å². The average Bonchev–Trinajstić information content (AvgIpc) is 2.39. The summed E-state index contributed by atoms with van der Waals surface area (Å²) in [5.74, 6) is 0.121. The molecule has 0 saturated heterocycles. The monoisotopic (exact) mass is 174 g/mol. The molecule has 2 nitrogen and oxygen atoms in total. The number of carbonyl (C=O) groups is 1. The van der Waals surface area contributed by atoms with E-state index in [1.165, 1.54) is 25.7 Å². The Morgan fingerprint density at radius 2 is 2.09 bits per heavy atom. The first-order valence-electron chi connectivity index (χ1n) is 4.12. The molecule has 1 aliphatic rings. The summed E-state index contributed by atoms with van der Waals surface area (Å²) >= 11 is 1.83. The number of carboxylic acids is 1. The van der Waals surface area contributed by atoms with E-state index in [0.717, 1.165) is 11.0 Å². The number of aliphatic carboxylic acids is 1. The zero-order valence-corrected chi connectivity index (χ0v) is 7.40. The van der Waals surface area contributed by atoms with Gasteiger partial charge in [-0.15, -0.1) is 0 Å². The standard InChI is InChI=1S/C8H14O2S/c9-8(10)5-6-11-7-3-1-2-4-7/h7H,1-6H2,(H,9,10). The van der Waals surface area contributed by atoms with Crippen LogP contribution >= 0.6 is 11.8 Å². The van der Waals surface area contributed by atoms with Crippen LogP contribution in [0.15, 0.2) is 0 Å². The first-order valence-corrected chi connectivity index (χ1v) is 5.17. The highest BCUT2D eigenvalue weighted by molar-refractivity contribution is 7.99. The van der Waals surface area contributed by atoms with Crippen molar-refractivity contribution in [2.45, 2.75) is 37.4 Å². The maximum Gasteiger partial charge on any atom is 0.304 e. The summed E-state index contributed by atoms with van der Waals surface area (Å²) in [6, 6.07) is 0.